The number of aryl methyl sites for hydroxylation is 1. The second-order valence-electron chi connectivity index (χ2n) is 2.76. The third-order valence-electron chi connectivity index (χ3n) is 2.01. The summed E-state index contributed by atoms with van der Waals surface area (Å²) in [6, 6.07) is 7.96. The molecule has 2 rings (SSSR count). The van der Waals surface area contributed by atoms with Gasteiger partial charge in [0.1, 0.15) is 5.75 Å². The van der Waals surface area contributed by atoms with E-state index in [1.54, 1.807) is 7.11 Å². The van der Waals surface area contributed by atoms with E-state index in [-0.39, 0.29) is 0 Å². The monoisotopic (exact) mass is 160 g/mol. The summed E-state index contributed by atoms with van der Waals surface area (Å²) in [5.74, 6) is 0.887. The smallest absolute Gasteiger partial charge is 0.120 e. The first kappa shape index (κ1) is 7.22. The lowest BCUT2D eigenvalue weighted by atomic mass is 10.2. The topological polar surface area (TPSA) is 14.2 Å². The molecule has 2 aromatic rings. The van der Waals surface area contributed by atoms with Crippen LogP contribution in [-0.2, 0) is 7.05 Å². The van der Waals surface area contributed by atoms with Crippen LogP contribution in [0.4, 0.5) is 0 Å². The largest absolute Gasteiger partial charge is 0.497 e. The number of fused-ring (bicyclic) bond motifs is 1. The molecule has 0 aliphatic rings. The minimum Gasteiger partial charge on any atom is -0.497 e. The maximum Gasteiger partial charge on any atom is 0.120 e. The summed E-state index contributed by atoms with van der Waals surface area (Å²) in [6.07, 6.45) is 3.09. The van der Waals surface area contributed by atoms with Crippen LogP contribution < -0.4 is 4.74 Å². The maximum atomic E-state index is 5.12. The molecule has 0 aliphatic carbocycles. The number of ether oxygens (including phenoxy) is 1. The molecule has 0 atom stereocenters. The Balaban J connectivity index is 2.71. The number of aromatic nitrogens is 1. The zero-order valence-corrected chi connectivity index (χ0v) is 7.16. The molecule has 0 fully saturated rings. The Morgan fingerprint density at radius 1 is 1.42 bits per heavy atom. The summed E-state index contributed by atoms with van der Waals surface area (Å²) in [7, 11) is 3.65. The first-order valence-electron chi connectivity index (χ1n) is 3.82. The van der Waals surface area contributed by atoms with Gasteiger partial charge in [-0.3, -0.25) is 0 Å². The summed E-state index contributed by atoms with van der Waals surface area (Å²) in [5, 5.41) is 1.19. The van der Waals surface area contributed by atoms with Gasteiger partial charge < -0.3 is 9.30 Å². The Morgan fingerprint density at radius 3 is 3.00 bits per heavy atom. The number of hydrogen-bond acceptors (Lipinski definition) is 1. The van der Waals surface area contributed by atoms with Gasteiger partial charge in [-0.25, -0.2) is 0 Å². The normalized spacial score (nSPS) is 10.5. The van der Waals surface area contributed by atoms with Crippen molar-refractivity contribution in [1.82, 2.24) is 4.57 Å². The standard InChI is InChI=1S/C10H10NO/c1-11-6-5-8-3-4-9(12-2)7-10(8)11/h3-5,7H,1-2H3. The number of methoxy groups -OCH3 is 1. The minimum absolute atomic E-state index is 0.887. The van der Waals surface area contributed by atoms with E-state index in [0.29, 0.717) is 0 Å². The van der Waals surface area contributed by atoms with Crippen LogP contribution in [0.5, 0.6) is 5.75 Å². The summed E-state index contributed by atoms with van der Waals surface area (Å²) < 4.78 is 7.08. The lowest BCUT2D eigenvalue weighted by molar-refractivity contribution is 0.415. The minimum atomic E-state index is 0.887. The molecule has 61 valence electrons. The Kier molecular flexibility index (Phi) is 1.54. The highest BCUT2D eigenvalue weighted by atomic mass is 16.5. The third kappa shape index (κ3) is 0.961. The fourth-order valence-corrected chi connectivity index (χ4v) is 1.30. The van der Waals surface area contributed by atoms with Crippen molar-refractivity contribution in [3.63, 3.8) is 0 Å². The maximum absolute atomic E-state index is 5.12. The molecule has 12 heavy (non-hydrogen) atoms. The van der Waals surface area contributed by atoms with E-state index in [2.05, 4.69) is 6.20 Å². The molecule has 0 bridgehead atoms. The SMILES string of the molecule is COc1ccc2c[c]n(C)c2c1. The second-order valence-corrected chi connectivity index (χ2v) is 2.76. The van der Waals surface area contributed by atoms with E-state index in [1.807, 2.05) is 35.9 Å². The van der Waals surface area contributed by atoms with Crippen LogP contribution in [0.3, 0.4) is 0 Å². The Hall–Kier alpha value is -1.44. The molecule has 0 aliphatic heterocycles. The molecule has 1 aromatic heterocycles. The van der Waals surface area contributed by atoms with Gasteiger partial charge in [0.05, 0.1) is 18.8 Å². The van der Waals surface area contributed by atoms with Gasteiger partial charge >= 0.3 is 0 Å². The molecule has 2 nitrogen and oxygen atoms in total. The molecular weight excluding hydrogens is 150 g/mol. The molecule has 0 N–H and O–H groups in total. The van der Waals surface area contributed by atoms with Crippen molar-refractivity contribution < 1.29 is 4.74 Å². The Bertz CT molecular complexity index is 403. The lowest BCUT2D eigenvalue weighted by Crippen LogP contribution is -1.86. The number of rotatable bonds is 1. The predicted octanol–water partition coefficient (Wildman–Crippen LogP) is 1.99. The van der Waals surface area contributed by atoms with E-state index in [1.165, 1.54) is 5.39 Å². The second kappa shape index (κ2) is 2.55. The quantitative estimate of drug-likeness (QED) is 0.622. The van der Waals surface area contributed by atoms with Crippen molar-refractivity contribution in [2.45, 2.75) is 0 Å². The van der Waals surface area contributed by atoms with E-state index >= 15 is 0 Å². The predicted molar refractivity (Wildman–Crippen MR) is 48.3 cm³/mol. The summed E-state index contributed by atoms with van der Waals surface area (Å²) >= 11 is 0. The molecular formula is C10H10NO. The highest BCUT2D eigenvalue weighted by molar-refractivity contribution is 5.81. The zero-order chi connectivity index (χ0) is 8.55. The molecule has 1 heterocycles. The molecule has 0 amide bonds. The molecule has 1 aromatic carbocycles. The highest BCUT2D eigenvalue weighted by Crippen LogP contribution is 2.20. The summed E-state index contributed by atoms with van der Waals surface area (Å²) in [5.41, 5.74) is 1.15. The van der Waals surface area contributed by atoms with Crippen LogP contribution in [0.15, 0.2) is 24.3 Å². The number of nitrogens with zero attached hydrogens (tertiary/aromatic N) is 1. The van der Waals surface area contributed by atoms with Gasteiger partial charge in [-0.2, -0.15) is 0 Å². The van der Waals surface area contributed by atoms with Gasteiger partial charge in [-0.15, -0.1) is 0 Å². The van der Waals surface area contributed by atoms with E-state index in [9.17, 15) is 0 Å². The van der Waals surface area contributed by atoms with Crippen LogP contribution in [0, 0.1) is 6.20 Å². The van der Waals surface area contributed by atoms with Gasteiger partial charge in [0.25, 0.3) is 0 Å². The van der Waals surface area contributed by atoms with Gasteiger partial charge in [-0.05, 0) is 18.2 Å². The molecule has 0 spiro atoms. The van der Waals surface area contributed by atoms with E-state index in [4.69, 9.17) is 4.74 Å². The van der Waals surface area contributed by atoms with E-state index in [0.717, 1.165) is 11.3 Å². The van der Waals surface area contributed by atoms with Gasteiger partial charge in [0, 0.05) is 18.5 Å². The van der Waals surface area contributed by atoms with Crippen LogP contribution in [-0.4, -0.2) is 11.7 Å². The molecule has 0 saturated heterocycles. The Morgan fingerprint density at radius 2 is 2.25 bits per heavy atom. The number of hydrogen-bond donors (Lipinski definition) is 0. The molecule has 1 radical (unpaired) electrons. The average molecular weight is 160 g/mol. The molecule has 0 saturated carbocycles. The summed E-state index contributed by atoms with van der Waals surface area (Å²) in [4.78, 5) is 0. The van der Waals surface area contributed by atoms with Crippen molar-refractivity contribution in [3.8, 4) is 5.75 Å². The fraction of sp³-hybridized carbons (Fsp3) is 0.200. The van der Waals surface area contributed by atoms with Gasteiger partial charge in [0.2, 0.25) is 0 Å². The van der Waals surface area contributed by atoms with Crippen molar-refractivity contribution in [2.75, 3.05) is 7.11 Å². The zero-order valence-electron chi connectivity index (χ0n) is 7.16. The average Bonchev–Trinajstić information content (AvgIpc) is 2.47. The van der Waals surface area contributed by atoms with Gasteiger partial charge in [-0.1, -0.05) is 0 Å². The van der Waals surface area contributed by atoms with Crippen LogP contribution in [0.2, 0.25) is 0 Å². The highest BCUT2D eigenvalue weighted by Gasteiger charge is 1.98. The van der Waals surface area contributed by atoms with Crippen LogP contribution >= 0.6 is 0 Å². The third-order valence-corrected chi connectivity index (χ3v) is 2.01. The van der Waals surface area contributed by atoms with E-state index < -0.39 is 0 Å². The van der Waals surface area contributed by atoms with Crippen LogP contribution in [0.25, 0.3) is 10.9 Å². The van der Waals surface area contributed by atoms with Crippen molar-refractivity contribution in [2.24, 2.45) is 7.05 Å². The van der Waals surface area contributed by atoms with Gasteiger partial charge in [0.15, 0.2) is 0 Å². The van der Waals surface area contributed by atoms with Crippen molar-refractivity contribution in [3.05, 3.63) is 30.5 Å². The van der Waals surface area contributed by atoms with Crippen molar-refractivity contribution >= 4 is 10.9 Å². The number of benzene rings is 1. The van der Waals surface area contributed by atoms with Crippen molar-refractivity contribution in [1.29, 1.82) is 0 Å². The molecule has 2 heteroatoms. The fourth-order valence-electron chi connectivity index (χ4n) is 1.30. The first-order valence-corrected chi connectivity index (χ1v) is 3.82. The summed E-state index contributed by atoms with van der Waals surface area (Å²) in [6.45, 7) is 0. The lowest BCUT2D eigenvalue weighted by Gasteiger charge is -2.00. The molecule has 0 unspecified atom stereocenters. The Labute approximate surface area is 71.4 Å². The van der Waals surface area contributed by atoms with Crippen LogP contribution in [0.1, 0.15) is 0 Å². The first-order chi connectivity index (χ1) is 5.81.